The second kappa shape index (κ2) is 6.84. The summed E-state index contributed by atoms with van der Waals surface area (Å²) >= 11 is 0. The Morgan fingerprint density at radius 3 is 1.32 bits per heavy atom. The molecule has 0 amide bonds. The standard InChI is InChI=1S/C11HF17N2O/c12-5(13,8(19,20)10(23,24)25)2-1-3(30(29-2)4(31)7(16,17)18)6(14,15)9(21,22)11(26,27)28/h1H. The van der Waals surface area contributed by atoms with Crippen LogP contribution in [0.25, 0.3) is 0 Å². The highest BCUT2D eigenvalue weighted by molar-refractivity contribution is 5.84. The number of carbonyl (C=O) groups is 1. The van der Waals surface area contributed by atoms with Crippen molar-refractivity contribution < 1.29 is 79.4 Å². The van der Waals surface area contributed by atoms with Crippen LogP contribution in [-0.4, -0.2) is 46.1 Å². The molecule has 0 bridgehead atoms. The van der Waals surface area contributed by atoms with E-state index in [1.165, 1.54) is 5.10 Å². The van der Waals surface area contributed by atoms with Gasteiger partial charge in [-0.05, 0) is 6.07 Å². The van der Waals surface area contributed by atoms with Crippen LogP contribution in [0.15, 0.2) is 6.07 Å². The summed E-state index contributed by atoms with van der Waals surface area (Å²) in [6.45, 7) is 0. The van der Waals surface area contributed by atoms with E-state index in [2.05, 4.69) is 0 Å². The quantitative estimate of drug-likeness (QED) is 0.501. The first-order valence-corrected chi connectivity index (χ1v) is 6.61. The first-order valence-electron chi connectivity index (χ1n) is 6.61. The molecule has 0 aliphatic heterocycles. The molecule has 1 aromatic heterocycles. The zero-order valence-electron chi connectivity index (χ0n) is 13.3. The summed E-state index contributed by atoms with van der Waals surface area (Å²) in [5.41, 5.74) is -7.18. The van der Waals surface area contributed by atoms with Gasteiger partial charge in [0.1, 0.15) is 11.4 Å². The summed E-state index contributed by atoms with van der Waals surface area (Å²) in [6.07, 6.45) is -21.1. The van der Waals surface area contributed by atoms with E-state index in [1.807, 2.05) is 0 Å². The number of nitrogens with zero attached hydrogens (tertiary/aromatic N) is 2. The largest absolute Gasteiger partial charge is 0.473 e. The van der Waals surface area contributed by atoms with Gasteiger partial charge in [-0.2, -0.15) is 84.4 Å². The summed E-state index contributed by atoms with van der Waals surface area (Å²) < 4.78 is 214. The van der Waals surface area contributed by atoms with Crippen LogP contribution in [0.4, 0.5) is 74.6 Å². The van der Waals surface area contributed by atoms with Crippen LogP contribution in [0, 0.1) is 0 Å². The Morgan fingerprint density at radius 2 is 1.00 bits per heavy atom. The van der Waals surface area contributed by atoms with Crippen LogP contribution < -0.4 is 0 Å². The first kappa shape index (κ1) is 26.7. The molecular formula is C11HF17N2O. The van der Waals surface area contributed by atoms with E-state index in [-0.39, 0.29) is 0 Å². The maximum Gasteiger partial charge on any atom is 0.473 e. The van der Waals surface area contributed by atoms with Crippen molar-refractivity contribution in [2.75, 3.05) is 0 Å². The highest BCUT2D eigenvalue weighted by atomic mass is 19.4. The highest BCUT2D eigenvalue weighted by Gasteiger charge is 2.77. The van der Waals surface area contributed by atoms with Gasteiger partial charge in [0, 0.05) is 0 Å². The lowest BCUT2D eigenvalue weighted by Gasteiger charge is -2.28. The van der Waals surface area contributed by atoms with Crippen molar-refractivity contribution in [3.05, 3.63) is 17.5 Å². The summed E-state index contributed by atoms with van der Waals surface area (Å²) in [6, 6.07) is -1.73. The molecule has 0 atom stereocenters. The lowest BCUT2D eigenvalue weighted by atomic mass is 10.0. The molecule has 31 heavy (non-hydrogen) atoms. The SMILES string of the molecule is O=C(n1nc(C(F)(F)C(F)(F)C(F)(F)F)cc1C(F)(F)C(F)(F)C(F)(F)F)C(F)(F)F. The molecule has 20 heteroatoms. The van der Waals surface area contributed by atoms with Crippen molar-refractivity contribution in [2.45, 2.75) is 42.2 Å². The fourth-order valence-electron chi connectivity index (χ4n) is 1.71. The molecule has 0 spiro atoms. The van der Waals surface area contributed by atoms with E-state index in [9.17, 15) is 79.4 Å². The topological polar surface area (TPSA) is 34.9 Å². The van der Waals surface area contributed by atoms with Crippen LogP contribution in [0.5, 0.6) is 0 Å². The Morgan fingerprint density at radius 1 is 0.645 bits per heavy atom. The minimum absolute atomic E-state index is 1.43. The minimum Gasteiger partial charge on any atom is -0.262 e. The predicted molar refractivity (Wildman–Crippen MR) is 58.7 cm³/mol. The van der Waals surface area contributed by atoms with Crippen molar-refractivity contribution in [3.8, 4) is 0 Å². The van der Waals surface area contributed by atoms with E-state index in [1.54, 1.807) is 0 Å². The molecule has 0 radical (unpaired) electrons. The van der Waals surface area contributed by atoms with E-state index in [4.69, 9.17) is 0 Å². The van der Waals surface area contributed by atoms with E-state index in [0.29, 0.717) is 0 Å². The third-order valence-electron chi connectivity index (χ3n) is 3.29. The third-order valence-corrected chi connectivity index (χ3v) is 3.29. The molecule has 3 nitrogen and oxygen atoms in total. The Labute approximate surface area is 156 Å². The molecule has 0 saturated heterocycles. The molecule has 1 rings (SSSR count). The average Bonchev–Trinajstić information content (AvgIpc) is 2.96. The summed E-state index contributed by atoms with van der Waals surface area (Å²) in [4.78, 5) is 11.0. The van der Waals surface area contributed by atoms with Gasteiger partial charge in [0.05, 0.1) is 0 Å². The molecule has 1 aromatic rings. The number of hydrogen-bond donors (Lipinski definition) is 0. The number of carbonyl (C=O) groups excluding carboxylic acids is 1. The fourth-order valence-corrected chi connectivity index (χ4v) is 1.71. The lowest BCUT2D eigenvalue weighted by Crippen LogP contribution is -2.51. The Hall–Kier alpha value is -2.31. The van der Waals surface area contributed by atoms with Crippen LogP contribution in [0.3, 0.4) is 0 Å². The molecule has 0 aliphatic rings. The number of halogens is 17. The van der Waals surface area contributed by atoms with Crippen molar-refractivity contribution >= 4 is 5.91 Å². The Bertz CT molecular complexity index is 840. The van der Waals surface area contributed by atoms with Crippen LogP contribution in [-0.2, 0) is 11.8 Å². The van der Waals surface area contributed by atoms with Gasteiger partial charge in [0.15, 0.2) is 0 Å². The smallest absolute Gasteiger partial charge is 0.262 e. The van der Waals surface area contributed by atoms with Gasteiger partial charge in [-0.15, -0.1) is 0 Å². The van der Waals surface area contributed by atoms with Crippen LogP contribution >= 0.6 is 0 Å². The van der Waals surface area contributed by atoms with Gasteiger partial charge < -0.3 is 0 Å². The molecule has 1 heterocycles. The fraction of sp³-hybridized carbons (Fsp3) is 0.636. The highest BCUT2D eigenvalue weighted by Crippen LogP contribution is 2.55. The van der Waals surface area contributed by atoms with Crippen molar-refractivity contribution in [1.82, 2.24) is 9.78 Å². The monoisotopic (exact) mass is 500 g/mol. The lowest BCUT2D eigenvalue weighted by molar-refractivity contribution is -0.361. The third kappa shape index (κ3) is 3.99. The Balaban J connectivity index is 3.95. The molecular weight excluding hydrogens is 499 g/mol. The van der Waals surface area contributed by atoms with Gasteiger partial charge in [-0.1, -0.05) is 0 Å². The maximum atomic E-state index is 13.7. The van der Waals surface area contributed by atoms with Gasteiger partial charge in [0.2, 0.25) is 0 Å². The zero-order valence-corrected chi connectivity index (χ0v) is 13.3. The second-order valence-electron chi connectivity index (χ2n) is 5.42. The number of rotatable bonds is 4. The Kier molecular flexibility index (Phi) is 5.90. The van der Waals surface area contributed by atoms with Gasteiger partial charge >= 0.3 is 48.1 Å². The second-order valence-corrected chi connectivity index (χ2v) is 5.42. The maximum absolute atomic E-state index is 13.7. The zero-order chi connectivity index (χ0) is 25.2. The van der Waals surface area contributed by atoms with E-state index < -0.39 is 70.3 Å². The minimum atomic E-state index is -7.43. The van der Waals surface area contributed by atoms with Gasteiger partial charge in [-0.3, -0.25) is 4.79 Å². The van der Waals surface area contributed by atoms with Gasteiger partial charge in [0.25, 0.3) is 0 Å². The number of alkyl halides is 17. The first-order chi connectivity index (χ1) is 13.2. The molecule has 0 unspecified atom stereocenters. The van der Waals surface area contributed by atoms with E-state index in [0.717, 1.165) is 0 Å². The molecule has 0 aliphatic carbocycles. The van der Waals surface area contributed by atoms with Crippen LogP contribution in [0.1, 0.15) is 16.2 Å². The van der Waals surface area contributed by atoms with Crippen molar-refractivity contribution in [3.63, 3.8) is 0 Å². The predicted octanol–water partition coefficient (Wildman–Crippen LogP) is 5.66. The molecule has 0 fully saturated rings. The summed E-state index contributed by atoms with van der Waals surface area (Å²) in [5.74, 6) is -32.7. The number of aromatic nitrogens is 2. The van der Waals surface area contributed by atoms with Crippen LogP contribution in [0.2, 0.25) is 0 Å². The molecule has 0 aromatic carbocycles. The molecule has 0 saturated carbocycles. The van der Waals surface area contributed by atoms with E-state index >= 15 is 0 Å². The normalized spacial score (nSPS) is 15.4. The summed E-state index contributed by atoms with van der Waals surface area (Å²) in [5, 5.41) is 1.43. The molecule has 0 N–H and O–H groups in total. The molecule has 180 valence electrons. The van der Waals surface area contributed by atoms with Crippen molar-refractivity contribution in [2.24, 2.45) is 0 Å². The van der Waals surface area contributed by atoms with Crippen molar-refractivity contribution in [1.29, 1.82) is 0 Å². The van der Waals surface area contributed by atoms with Gasteiger partial charge in [-0.25, -0.2) is 0 Å². The summed E-state index contributed by atoms with van der Waals surface area (Å²) in [7, 11) is 0. The number of hydrogen-bond acceptors (Lipinski definition) is 2. The average molecular weight is 500 g/mol.